The lowest BCUT2D eigenvalue weighted by Gasteiger charge is -2.13. The molecule has 7 nitrogen and oxygen atoms in total. The Morgan fingerprint density at radius 3 is 2.74 bits per heavy atom. The molecule has 0 aliphatic carbocycles. The topological polar surface area (TPSA) is 74.1 Å². The molecule has 7 heteroatoms. The van der Waals surface area contributed by atoms with E-state index in [2.05, 4.69) is 41.5 Å². The van der Waals surface area contributed by atoms with Gasteiger partial charge in [-0.3, -0.25) is 0 Å². The summed E-state index contributed by atoms with van der Waals surface area (Å²) in [5.74, 6) is 1.42. The van der Waals surface area contributed by atoms with Crippen LogP contribution in [-0.4, -0.2) is 46.1 Å². The Hall–Kier alpha value is -2.51. The van der Waals surface area contributed by atoms with Crippen LogP contribution < -0.4 is 5.32 Å². The quantitative estimate of drug-likeness (QED) is 0.721. The predicted molar refractivity (Wildman–Crippen MR) is 104 cm³/mol. The molecule has 1 aliphatic rings. The maximum atomic E-state index is 5.73. The largest absolute Gasteiger partial charge is 0.377 e. The van der Waals surface area contributed by atoms with E-state index in [-0.39, 0.29) is 6.10 Å². The molecule has 1 fully saturated rings. The highest BCUT2D eigenvalue weighted by molar-refractivity contribution is 5.90. The van der Waals surface area contributed by atoms with Crippen molar-refractivity contribution < 1.29 is 9.47 Å². The molecule has 0 radical (unpaired) electrons. The first-order chi connectivity index (χ1) is 13.2. The number of nitrogens with one attached hydrogen (secondary N) is 1. The van der Waals surface area contributed by atoms with Crippen LogP contribution in [0.4, 0.5) is 5.82 Å². The van der Waals surface area contributed by atoms with Gasteiger partial charge in [0, 0.05) is 20.3 Å². The fourth-order valence-electron chi connectivity index (χ4n) is 3.43. The molecule has 0 spiro atoms. The summed E-state index contributed by atoms with van der Waals surface area (Å²) in [5.41, 5.74) is 3.86. The summed E-state index contributed by atoms with van der Waals surface area (Å²) < 4.78 is 12.9. The van der Waals surface area contributed by atoms with Crippen molar-refractivity contribution in [2.24, 2.45) is 0 Å². The van der Waals surface area contributed by atoms with Crippen LogP contribution in [0.3, 0.4) is 0 Å². The third-order valence-corrected chi connectivity index (χ3v) is 4.82. The van der Waals surface area contributed by atoms with Gasteiger partial charge in [-0.15, -0.1) is 0 Å². The minimum atomic E-state index is 0.230. The number of aromatic nitrogens is 4. The van der Waals surface area contributed by atoms with Gasteiger partial charge in [0.15, 0.2) is 11.5 Å². The second kappa shape index (κ2) is 7.62. The molecule has 1 aromatic carbocycles. The Balaban J connectivity index is 1.77. The van der Waals surface area contributed by atoms with E-state index in [0.717, 1.165) is 54.2 Å². The highest BCUT2D eigenvalue weighted by Crippen LogP contribution is 2.27. The van der Waals surface area contributed by atoms with Gasteiger partial charge in [0.1, 0.15) is 12.4 Å². The molecular weight excluding hydrogens is 342 g/mol. The van der Waals surface area contributed by atoms with Crippen molar-refractivity contribution in [1.29, 1.82) is 0 Å². The summed E-state index contributed by atoms with van der Waals surface area (Å²) in [4.78, 5) is 9.40. The number of anilines is 1. The molecule has 1 saturated heterocycles. The zero-order valence-electron chi connectivity index (χ0n) is 16.0. The van der Waals surface area contributed by atoms with Crippen LogP contribution in [0.25, 0.3) is 16.7 Å². The van der Waals surface area contributed by atoms with Crippen LogP contribution in [-0.2, 0) is 16.1 Å². The second-order valence-corrected chi connectivity index (χ2v) is 6.97. The Bertz CT molecular complexity index is 930. The van der Waals surface area contributed by atoms with Crippen LogP contribution in [0, 0.1) is 13.8 Å². The highest BCUT2D eigenvalue weighted by Gasteiger charge is 2.20. The van der Waals surface area contributed by atoms with E-state index in [0.29, 0.717) is 12.4 Å². The normalized spacial score (nSPS) is 16.9. The summed E-state index contributed by atoms with van der Waals surface area (Å²) in [7, 11) is 1.65. The summed E-state index contributed by atoms with van der Waals surface area (Å²) >= 11 is 0. The first-order valence-electron chi connectivity index (χ1n) is 9.33. The zero-order chi connectivity index (χ0) is 18.8. The molecule has 0 saturated carbocycles. The SMILES string of the molecule is COCc1nc(NCC2CCCO2)c2c(C)nn(-c3ccc(C)cc3)c2n1. The third-order valence-electron chi connectivity index (χ3n) is 4.82. The lowest BCUT2D eigenvalue weighted by molar-refractivity contribution is 0.120. The van der Waals surface area contributed by atoms with Crippen molar-refractivity contribution in [1.82, 2.24) is 19.7 Å². The molecular formula is C20H25N5O2. The highest BCUT2D eigenvalue weighted by atomic mass is 16.5. The maximum absolute atomic E-state index is 5.73. The van der Waals surface area contributed by atoms with Gasteiger partial charge < -0.3 is 14.8 Å². The lowest BCUT2D eigenvalue weighted by Crippen LogP contribution is -2.19. The van der Waals surface area contributed by atoms with E-state index < -0.39 is 0 Å². The fourth-order valence-corrected chi connectivity index (χ4v) is 3.43. The van der Waals surface area contributed by atoms with Gasteiger partial charge in [0.2, 0.25) is 0 Å². The van der Waals surface area contributed by atoms with E-state index in [1.165, 1.54) is 5.56 Å². The van der Waals surface area contributed by atoms with E-state index in [4.69, 9.17) is 19.6 Å². The van der Waals surface area contributed by atoms with Crippen molar-refractivity contribution in [2.45, 2.75) is 39.4 Å². The van der Waals surface area contributed by atoms with Crippen molar-refractivity contribution in [3.63, 3.8) is 0 Å². The number of hydrogen-bond acceptors (Lipinski definition) is 6. The van der Waals surface area contributed by atoms with Crippen LogP contribution in [0.1, 0.15) is 29.9 Å². The van der Waals surface area contributed by atoms with E-state index >= 15 is 0 Å². The van der Waals surface area contributed by atoms with Crippen LogP contribution in [0.2, 0.25) is 0 Å². The molecule has 1 aliphatic heterocycles. The molecule has 4 rings (SSSR count). The molecule has 3 heterocycles. The Morgan fingerprint density at radius 1 is 1.22 bits per heavy atom. The van der Waals surface area contributed by atoms with E-state index in [9.17, 15) is 0 Å². The summed E-state index contributed by atoms with van der Waals surface area (Å²) in [6, 6.07) is 8.26. The Kier molecular flexibility index (Phi) is 5.05. The number of benzene rings is 1. The first-order valence-corrected chi connectivity index (χ1v) is 9.33. The smallest absolute Gasteiger partial charge is 0.169 e. The monoisotopic (exact) mass is 367 g/mol. The van der Waals surface area contributed by atoms with Crippen LogP contribution in [0.5, 0.6) is 0 Å². The molecule has 0 bridgehead atoms. The molecule has 2 aromatic heterocycles. The summed E-state index contributed by atoms with van der Waals surface area (Å²) in [6.07, 6.45) is 2.42. The zero-order valence-corrected chi connectivity index (χ0v) is 16.0. The molecule has 1 N–H and O–H groups in total. The summed E-state index contributed by atoms with van der Waals surface area (Å²) in [6.45, 7) is 5.98. The minimum absolute atomic E-state index is 0.230. The van der Waals surface area contributed by atoms with Crippen molar-refractivity contribution in [3.05, 3.63) is 41.3 Å². The van der Waals surface area contributed by atoms with Crippen molar-refractivity contribution >= 4 is 16.9 Å². The van der Waals surface area contributed by atoms with Crippen LogP contribution >= 0.6 is 0 Å². The van der Waals surface area contributed by atoms with Crippen molar-refractivity contribution in [3.8, 4) is 5.69 Å². The fraction of sp³-hybridized carbons (Fsp3) is 0.450. The predicted octanol–water partition coefficient (Wildman–Crippen LogP) is 3.17. The van der Waals surface area contributed by atoms with Gasteiger partial charge in [-0.05, 0) is 38.8 Å². The summed E-state index contributed by atoms with van der Waals surface area (Å²) in [5, 5.41) is 9.13. The molecule has 0 amide bonds. The number of nitrogens with zero attached hydrogens (tertiary/aromatic N) is 4. The number of aryl methyl sites for hydroxylation is 2. The number of methoxy groups -OCH3 is 1. The maximum Gasteiger partial charge on any atom is 0.169 e. The number of ether oxygens (including phenoxy) is 2. The van der Waals surface area contributed by atoms with Crippen LogP contribution in [0.15, 0.2) is 24.3 Å². The Labute approximate surface area is 158 Å². The Morgan fingerprint density at radius 2 is 2.04 bits per heavy atom. The number of rotatable bonds is 6. The number of hydrogen-bond donors (Lipinski definition) is 1. The lowest BCUT2D eigenvalue weighted by atomic mass is 10.2. The molecule has 1 atom stereocenters. The molecule has 1 unspecified atom stereocenters. The third kappa shape index (κ3) is 3.65. The van der Waals surface area contributed by atoms with Gasteiger partial charge in [0.25, 0.3) is 0 Å². The first kappa shape index (κ1) is 17.9. The van der Waals surface area contributed by atoms with Gasteiger partial charge in [0.05, 0.1) is 22.9 Å². The second-order valence-electron chi connectivity index (χ2n) is 6.97. The molecule has 27 heavy (non-hydrogen) atoms. The van der Waals surface area contributed by atoms with Crippen molar-refractivity contribution in [2.75, 3.05) is 25.6 Å². The number of fused-ring (bicyclic) bond motifs is 1. The van der Waals surface area contributed by atoms with Gasteiger partial charge >= 0.3 is 0 Å². The van der Waals surface area contributed by atoms with E-state index in [1.807, 2.05) is 11.6 Å². The minimum Gasteiger partial charge on any atom is -0.377 e. The van der Waals surface area contributed by atoms with E-state index in [1.54, 1.807) is 7.11 Å². The van der Waals surface area contributed by atoms with Gasteiger partial charge in [-0.25, -0.2) is 14.6 Å². The standard InChI is InChI=1S/C20H25N5O2/c1-13-6-8-15(9-7-13)25-20-18(14(2)24-25)19(22-17(23-20)12-26-3)21-11-16-5-4-10-27-16/h6-9,16H,4-5,10-12H2,1-3H3,(H,21,22,23). The molecule has 142 valence electrons. The average Bonchev–Trinajstić information content (AvgIpc) is 3.29. The van der Waals surface area contributed by atoms with Gasteiger partial charge in [-0.1, -0.05) is 17.7 Å². The average molecular weight is 367 g/mol. The van der Waals surface area contributed by atoms with Gasteiger partial charge in [-0.2, -0.15) is 5.10 Å². The molecule has 3 aromatic rings.